The van der Waals surface area contributed by atoms with Crippen LogP contribution >= 0.6 is 0 Å². The molecule has 4 heteroatoms. The van der Waals surface area contributed by atoms with Crippen molar-refractivity contribution in [1.82, 2.24) is 10.2 Å². The Kier molecular flexibility index (Phi) is 10.2. The van der Waals surface area contributed by atoms with Crippen LogP contribution in [0.25, 0.3) is 0 Å². The average molecular weight is 222 g/mol. The Hall–Kier alpha value is -0.220. The molecule has 0 saturated carbocycles. The standard InChI is InChI=1S/C11H24F2N2/c1-3-7-14-8-5-4-6-9-15(2)10-11(12)13/h11,14H,3-10H2,1-2H3. The van der Waals surface area contributed by atoms with Gasteiger partial charge in [0, 0.05) is 0 Å². The molecular weight excluding hydrogens is 198 g/mol. The first-order valence-electron chi connectivity index (χ1n) is 5.84. The van der Waals surface area contributed by atoms with E-state index in [2.05, 4.69) is 12.2 Å². The lowest BCUT2D eigenvalue weighted by atomic mass is 10.2. The summed E-state index contributed by atoms with van der Waals surface area (Å²) in [5.41, 5.74) is 0. The Morgan fingerprint density at radius 2 is 1.87 bits per heavy atom. The van der Waals surface area contributed by atoms with Crippen LogP contribution in [0.5, 0.6) is 0 Å². The zero-order chi connectivity index (χ0) is 11.5. The van der Waals surface area contributed by atoms with Crippen LogP contribution in [-0.4, -0.2) is 44.6 Å². The lowest BCUT2D eigenvalue weighted by Crippen LogP contribution is -2.25. The van der Waals surface area contributed by atoms with E-state index in [0.717, 1.165) is 45.3 Å². The number of unbranched alkanes of at least 4 members (excludes halogenated alkanes) is 2. The van der Waals surface area contributed by atoms with Crippen molar-refractivity contribution in [3.8, 4) is 0 Å². The smallest absolute Gasteiger partial charge is 0.251 e. The fraction of sp³-hybridized carbons (Fsp3) is 1.00. The van der Waals surface area contributed by atoms with Crippen molar-refractivity contribution < 1.29 is 8.78 Å². The van der Waals surface area contributed by atoms with Crippen molar-refractivity contribution >= 4 is 0 Å². The Balaban J connectivity index is 3.09. The molecule has 0 amide bonds. The second-order valence-corrected chi connectivity index (χ2v) is 3.96. The number of rotatable bonds is 10. The van der Waals surface area contributed by atoms with Gasteiger partial charge in [0.2, 0.25) is 0 Å². The van der Waals surface area contributed by atoms with Gasteiger partial charge in [-0.2, -0.15) is 0 Å². The molecule has 0 heterocycles. The van der Waals surface area contributed by atoms with Crippen molar-refractivity contribution in [2.24, 2.45) is 0 Å². The van der Waals surface area contributed by atoms with E-state index in [-0.39, 0.29) is 6.54 Å². The average Bonchev–Trinajstić information content (AvgIpc) is 2.15. The normalized spacial score (nSPS) is 11.6. The maximum absolute atomic E-state index is 11.9. The van der Waals surface area contributed by atoms with Crippen LogP contribution < -0.4 is 5.32 Å². The first-order valence-corrected chi connectivity index (χ1v) is 5.84. The summed E-state index contributed by atoms with van der Waals surface area (Å²) < 4.78 is 23.9. The molecule has 0 rings (SSSR count). The summed E-state index contributed by atoms with van der Waals surface area (Å²) in [6, 6.07) is 0. The van der Waals surface area contributed by atoms with Gasteiger partial charge in [-0.05, 0) is 45.9 Å². The highest BCUT2D eigenvalue weighted by Crippen LogP contribution is 2.00. The van der Waals surface area contributed by atoms with Crippen molar-refractivity contribution in [3.05, 3.63) is 0 Å². The molecule has 0 bridgehead atoms. The van der Waals surface area contributed by atoms with Crippen LogP contribution in [0.1, 0.15) is 32.6 Å². The molecule has 0 radical (unpaired) electrons. The first kappa shape index (κ1) is 14.8. The van der Waals surface area contributed by atoms with Gasteiger partial charge in [0.05, 0.1) is 6.54 Å². The molecule has 0 unspecified atom stereocenters. The molecule has 0 aromatic carbocycles. The molecule has 0 aliphatic heterocycles. The Morgan fingerprint density at radius 3 is 2.47 bits per heavy atom. The van der Waals surface area contributed by atoms with Crippen LogP contribution in [-0.2, 0) is 0 Å². The fourth-order valence-electron chi connectivity index (χ4n) is 1.44. The molecule has 15 heavy (non-hydrogen) atoms. The zero-order valence-electron chi connectivity index (χ0n) is 9.94. The molecule has 0 saturated heterocycles. The van der Waals surface area contributed by atoms with Gasteiger partial charge < -0.3 is 10.2 Å². The monoisotopic (exact) mass is 222 g/mol. The molecule has 0 aliphatic rings. The summed E-state index contributed by atoms with van der Waals surface area (Å²) >= 11 is 0. The zero-order valence-corrected chi connectivity index (χ0v) is 9.94. The minimum Gasteiger partial charge on any atom is -0.317 e. The Labute approximate surface area is 92.0 Å². The molecule has 0 aromatic rings. The van der Waals surface area contributed by atoms with Crippen molar-refractivity contribution in [1.29, 1.82) is 0 Å². The lowest BCUT2D eigenvalue weighted by molar-refractivity contribution is 0.0996. The van der Waals surface area contributed by atoms with Crippen LogP contribution in [0.4, 0.5) is 8.78 Å². The van der Waals surface area contributed by atoms with Gasteiger partial charge in [-0.25, -0.2) is 8.78 Å². The number of hydrogen-bond acceptors (Lipinski definition) is 2. The van der Waals surface area contributed by atoms with Gasteiger partial charge in [-0.3, -0.25) is 0 Å². The van der Waals surface area contributed by atoms with E-state index in [1.54, 1.807) is 11.9 Å². The van der Waals surface area contributed by atoms with Crippen LogP contribution in [0.15, 0.2) is 0 Å². The second-order valence-electron chi connectivity index (χ2n) is 3.96. The predicted octanol–water partition coefficient (Wildman–Crippen LogP) is 2.35. The highest BCUT2D eigenvalue weighted by atomic mass is 19.3. The molecule has 1 N–H and O–H groups in total. The Bertz CT molecular complexity index is 132. The molecule has 0 aliphatic carbocycles. The fourth-order valence-corrected chi connectivity index (χ4v) is 1.44. The van der Waals surface area contributed by atoms with Gasteiger partial charge in [0.15, 0.2) is 0 Å². The third kappa shape index (κ3) is 11.7. The number of alkyl halides is 2. The molecule has 0 fully saturated rings. The third-order valence-electron chi connectivity index (χ3n) is 2.27. The molecule has 0 atom stereocenters. The summed E-state index contributed by atoms with van der Waals surface area (Å²) in [6.45, 7) is 4.94. The van der Waals surface area contributed by atoms with E-state index in [0.29, 0.717) is 0 Å². The number of nitrogens with zero attached hydrogens (tertiary/aromatic N) is 1. The van der Waals surface area contributed by atoms with Crippen LogP contribution in [0, 0.1) is 0 Å². The van der Waals surface area contributed by atoms with E-state index >= 15 is 0 Å². The third-order valence-corrected chi connectivity index (χ3v) is 2.27. The quantitative estimate of drug-likeness (QED) is 0.571. The van der Waals surface area contributed by atoms with Gasteiger partial charge in [0.1, 0.15) is 0 Å². The van der Waals surface area contributed by atoms with Crippen molar-refractivity contribution in [3.63, 3.8) is 0 Å². The number of hydrogen-bond donors (Lipinski definition) is 1. The van der Waals surface area contributed by atoms with Crippen molar-refractivity contribution in [2.45, 2.75) is 39.0 Å². The summed E-state index contributed by atoms with van der Waals surface area (Å²) in [6.07, 6.45) is 2.22. The maximum atomic E-state index is 11.9. The van der Waals surface area contributed by atoms with Gasteiger partial charge in [-0.15, -0.1) is 0 Å². The summed E-state index contributed by atoms with van der Waals surface area (Å²) in [5, 5.41) is 3.32. The van der Waals surface area contributed by atoms with E-state index in [9.17, 15) is 8.78 Å². The maximum Gasteiger partial charge on any atom is 0.251 e. The van der Waals surface area contributed by atoms with E-state index in [1.165, 1.54) is 0 Å². The van der Waals surface area contributed by atoms with E-state index < -0.39 is 6.43 Å². The molecule has 0 aromatic heterocycles. The summed E-state index contributed by atoms with van der Waals surface area (Å²) in [7, 11) is 1.75. The summed E-state index contributed by atoms with van der Waals surface area (Å²) in [4.78, 5) is 1.70. The SMILES string of the molecule is CCCNCCCCCN(C)CC(F)F. The van der Waals surface area contributed by atoms with E-state index in [4.69, 9.17) is 0 Å². The summed E-state index contributed by atoms with van der Waals surface area (Å²) in [5.74, 6) is 0. The molecule has 2 nitrogen and oxygen atoms in total. The minimum absolute atomic E-state index is 0.103. The van der Waals surface area contributed by atoms with E-state index in [1.807, 2.05) is 0 Å². The van der Waals surface area contributed by atoms with Gasteiger partial charge in [-0.1, -0.05) is 13.3 Å². The topological polar surface area (TPSA) is 15.3 Å². The second kappa shape index (κ2) is 10.3. The largest absolute Gasteiger partial charge is 0.317 e. The Morgan fingerprint density at radius 1 is 1.13 bits per heavy atom. The molecule has 92 valence electrons. The minimum atomic E-state index is -2.21. The van der Waals surface area contributed by atoms with Crippen LogP contribution in [0.2, 0.25) is 0 Å². The van der Waals surface area contributed by atoms with Crippen molar-refractivity contribution in [2.75, 3.05) is 33.2 Å². The molecular formula is C11H24F2N2. The first-order chi connectivity index (χ1) is 7.16. The lowest BCUT2D eigenvalue weighted by Gasteiger charge is -2.15. The number of halogens is 2. The van der Waals surface area contributed by atoms with Gasteiger partial charge >= 0.3 is 0 Å². The molecule has 0 spiro atoms. The van der Waals surface area contributed by atoms with Gasteiger partial charge in [0.25, 0.3) is 6.43 Å². The highest BCUT2D eigenvalue weighted by molar-refractivity contribution is 4.54. The highest BCUT2D eigenvalue weighted by Gasteiger charge is 2.06. The number of nitrogens with one attached hydrogen (secondary N) is 1. The van der Waals surface area contributed by atoms with Crippen LogP contribution in [0.3, 0.4) is 0 Å². The predicted molar refractivity (Wildman–Crippen MR) is 60.5 cm³/mol.